The molecular weight excluding hydrogens is 840 g/mol. The van der Waals surface area contributed by atoms with E-state index >= 15 is 22.0 Å². The molecule has 19 heteroatoms. The molecule has 2 aromatic heterocycles. The van der Waals surface area contributed by atoms with E-state index in [4.69, 9.17) is 9.72 Å². The summed E-state index contributed by atoms with van der Waals surface area (Å²) < 4.78 is 85.5. The van der Waals surface area contributed by atoms with Gasteiger partial charge in [0.15, 0.2) is 24.4 Å². The van der Waals surface area contributed by atoms with E-state index < -0.39 is 54.8 Å². The molecule has 4 aromatic rings. The molecule has 5 aliphatic heterocycles. The third kappa shape index (κ3) is 7.65. The molecule has 64 heavy (non-hydrogen) atoms. The highest BCUT2D eigenvalue weighted by molar-refractivity contribution is 5.86. The first-order valence-electron chi connectivity index (χ1n) is 22.3. The van der Waals surface area contributed by atoms with Crippen molar-refractivity contribution in [2.45, 2.75) is 94.3 Å². The summed E-state index contributed by atoms with van der Waals surface area (Å²) in [7, 11) is 3.27. The number of aliphatic hydroxyl groups is 2. The van der Waals surface area contributed by atoms with Gasteiger partial charge in [0, 0.05) is 85.1 Å². The fourth-order valence-electron chi connectivity index (χ4n) is 10.4. The number of piperidine rings is 3. The minimum absolute atomic E-state index is 0.0222. The largest absolute Gasteiger partial charge is 0.485 e. The summed E-state index contributed by atoms with van der Waals surface area (Å²) in [5.41, 5.74) is 3.49. The number of rotatable bonds is 8. The number of fused-ring (bicyclic) bond motifs is 3. The molecule has 342 valence electrons. The van der Waals surface area contributed by atoms with Gasteiger partial charge in [-0.05, 0) is 94.6 Å². The number of ether oxygens (including phenoxy) is 1. The summed E-state index contributed by atoms with van der Waals surface area (Å²) in [4.78, 5) is 26.7. The summed E-state index contributed by atoms with van der Waals surface area (Å²) in [6.45, 7) is 3.29. The van der Waals surface area contributed by atoms with Crippen LogP contribution in [0.25, 0.3) is 16.6 Å². The van der Waals surface area contributed by atoms with E-state index in [-0.39, 0.29) is 58.9 Å². The number of nitrogens with zero attached hydrogens (tertiary/aromatic N) is 7. The van der Waals surface area contributed by atoms with Crippen molar-refractivity contribution in [1.82, 2.24) is 35.3 Å². The average molecular weight is 893 g/mol. The highest BCUT2D eigenvalue weighted by Gasteiger charge is 2.52. The smallest absolute Gasteiger partial charge is 0.301 e. The van der Waals surface area contributed by atoms with E-state index in [9.17, 15) is 15.0 Å². The van der Waals surface area contributed by atoms with Gasteiger partial charge in [-0.15, -0.1) is 0 Å². The lowest BCUT2D eigenvalue weighted by molar-refractivity contribution is -0.127. The zero-order valence-corrected chi connectivity index (χ0v) is 35.9. The van der Waals surface area contributed by atoms with E-state index in [1.165, 1.54) is 10.7 Å². The fourth-order valence-corrected chi connectivity index (χ4v) is 10.4. The number of aromatic nitrogens is 4. The second-order valence-corrected chi connectivity index (χ2v) is 18.5. The number of aryl methyl sites for hydroxylation is 2. The SMILES string of the molecule is Cc1cnc(N2CCC(CN3CCC(c4c(F)cc5c(C6CCC(=O)NC6O)nn(C)c5c4F)CC3)C(F)C2)nc1Nc1ccc2c(c1)C1=C(OCC(F)(F)C(C3CC3)N1)C(O)N2C. The number of hydrogen-bond acceptors (Lipinski definition) is 12. The van der Waals surface area contributed by atoms with Gasteiger partial charge in [-0.2, -0.15) is 10.1 Å². The van der Waals surface area contributed by atoms with Crippen molar-refractivity contribution in [2.75, 3.05) is 61.5 Å². The Balaban J connectivity index is 0.779. The van der Waals surface area contributed by atoms with Crippen molar-refractivity contribution in [3.63, 3.8) is 0 Å². The predicted molar refractivity (Wildman–Crippen MR) is 229 cm³/mol. The molecule has 1 saturated carbocycles. The molecule has 2 aromatic carbocycles. The molecule has 6 unspecified atom stereocenters. The van der Waals surface area contributed by atoms with Gasteiger partial charge in [0.05, 0.1) is 24.0 Å². The molecule has 4 fully saturated rings. The number of alkyl halides is 3. The van der Waals surface area contributed by atoms with E-state index in [0.717, 1.165) is 5.56 Å². The zero-order valence-electron chi connectivity index (χ0n) is 35.9. The molecule has 1 aliphatic carbocycles. The normalized spacial score (nSPS) is 27.7. The van der Waals surface area contributed by atoms with Crippen LogP contribution < -0.4 is 25.8 Å². The third-order valence-electron chi connectivity index (χ3n) is 14.2. The lowest BCUT2D eigenvalue weighted by Gasteiger charge is -2.39. The predicted octanol–water partition coefficient (Wildman–Crippen LogP) is 5.52. The molecule has 3 saturated heterocycles. The number of nitrogens with one attached hydrogen (secondary N) is 3. The number of carbonyl (C=O) groups excluding carboxylic acids is 1. The molecule has 10 rings (SSSR count). The van der Waals surface area contributed by atoms with Crippen LogP contribution in [0.5, 0.6) is 0 Å². The van der Waals surface area contributed by atoms with Gasteiger partial charge in [0.2, 0.25) is 11.9 Å². The van der Waals surface area contributed by atoms with Crippen LogP contribution in [0.2, 0.25) is 0 Å². The van der Waals surface area contributed by atoms with E-state index in [1.54, 1.807) is 25.2 Å². The lowest BCUT2D eigenvalue weighted by atomic mass is 9.86. The van der Waals surface area contributed by atoms with Crippen molar-refractivity contribution < 1.29 is 41.7 Å². The molecule has 0 radical (unpaired) electrons. The maximum Gasteiger partial charge on any atom is 0.301 e. The second kappa shape index (κ2) is 16.3. The van der Waals surface area contributed by atoms with Gasteiger partial charge in [-0.3, -0.25) is 9.48 Å². The van der Waals surface area contributed by atoms with Crippen LogP contribution in [0.15, 0.2) is 36.2 Å². The monoisotopic (exact) mass is 892 g/mol. The Morgan fingerprint density at radius 3 is 2.53 bits per heavy atom. The van der Waals surface area contributed by atoms with Crippen LogP contribution in [-0.2, 0) is 16.6 Å². The number of amides is 1. The number of halogens is 5. The quantitative estimate of drug-likeness (QED) is 0.142. The Morgan fingerprint density at radius 1 is 1.02 bits per heavy atom. The summed E-state index contributed by atoms with van der Waals surface area (Å²) >= 11 is 0. The Morgan fingerprint density at radius 2 is 1.80 bits per heavy atom. The van der Waals surface area contributed by atoms with Crippen molar-refractivity contribution in [2.24, 2.45) is 18.9 Å². The summed E-state index contributed by atoms with van der Waals surface area (Å²) in [6.07, 6.45) is 1.52. The molecule has 5 N–H and O–H groups in total. The molecule has 6 atom stereocenters. The Labute approximate surface area is 366 Å². The van der Waals surface area contributed by atoms with Gasteiger partial charge >= 0.3 is 5.92 Å². The van der Waals surface area contributed by atoms with Crippen molar-refractivity contribution >= 4 is 45.6 Å². The van der Waals surface area contributed by atoms with E-state index in [2.05, 4.69) is 30.9 Å². The molecule has 6 aliphatic rings. The van der Waals surface area contributed by atoms with Crippen LogP contribution in [0.3, 0.4) is 0 Å². The standard InChI is InChI=1S/C45H53F5N10O4/c1-22-18-51-44(55-41(22)52-26-6-8-32-28(16-26)37-39(43(63)57(32)2)64-21-45(49,50)40(54-37)24-4-5-24)60-15-12-25(31(47)20-60)19-59-13-10-23(11-14-59)34-30(46)17-29-36(56-58(3)38(29)35(34)48)27-7-9-33(61)53-42(27)62/h6,8,16-18,23-25,27,31,40,42-43,54,62-63H,4-5,7,9-15,19-21H2,1-3H3,(H,53,61)(H,51,52,55). The van der Waals surface area contributed by atoms with Gasteiger partial charge in [0.25, 0.3) is 0 Å². The summed E-state index contributed by atoms with van der Waals surface area (Å²) in [6, 6.07) is 5.63. The number of benzene rings is 2. The number of anilines is 4. The maximum absolute atomic E-state index is 16.2. The molecule has 14 nitrogen and oxygen atoms in total. The summed E-state index contributed by atoms with van der Waals surface area (Å²) in [5, 5.41) is 35.2. The van der Waals surface area contributed by atoms with Crippen molar-refractivity contribution in [1.29, 1.82) is 0 Å². The van der Waals surface area contributed by atoms with Crippen LogP contribution >= 0.6 is 0 Å². The first-order chi connectivity index (χ1) is 30.6. The number of aliphatic hydroxyl groups excluding tert-OH is 2. The minimum atomic E-state index is -3.12. The Bertz CT molecular complexity index is 2510. The van der Waals surface area contributed by atoms with Gasteiger partial charge < -0.3 is 45.6 Å². The van der Waals surface area contributed by atoms with Gasteiger partial charge in [-0.1, -0.05) is 0 Å². The van der Waals surface area contributed by atoms with Gasteiger partial charge in [-0.25, -0.2) is 26.9 Å². The molecule has 1 amide bonds. The molecule has 7 heterocycles. The van der Waals surface area contributed by atoms with E-state index in [0.29, 0.717) is 105 Å². The van der Waals surface area contributed by atoms with Crippen molar-refractivity contribution in [3.8, 4) is 0 Å². The first-order valence-corrected chi connectivity index (χ1v) is 22.3. The highest BCUT2D eigenvalue weighted by atomic mass is 19.3. The lowest BCUT2D eigenvalue weighted by Crippen LogP contribution is -2.47. The average Bonchev–Trinajstić information content (AvgIpc) is 4.06. The van der Waals surface area contributed by atoms with Gasteiger partial charge in [0.1, 0.15) is 29.6 Å². The second-order valence-electron chi connectivity index (χ2n) is 18.5. The topological polar surface area (TPSA) is 156 Å². The molecule has 0 spiro atoms. The number of hydrogen-bond donors (Lipinski definition) is 5. The summed E-state index contributed by atoms with van der Waals surface area (Å²) in [5.74, 6) is -5.19. The van der Waals surface area contributed by atoms with E-state index in [1.807, 2.05) is 30.0 Å². The maximum atomic E-state index is 16.2. The Hall–Kier alpha value is -5.27. The third-order valence-corrected chi connectivity index (χ3v) is 14.2. The minimum Gasteiger partial charge on any atom is -0.485 e. The van der Waals surface area contributed by atoms with Crippen LogP contribution in [0, 0.1) is 30.4 Å². The van der Waals surface area contributed by atoms with Crippen LogP contribution in [-0.4, -0.2) is 118 Å². The molecule has 0 bridgehead atoms. The number of likely N-dealkylation sites (tertiary alicyclic amines) is 1. The molecular formula is C45H53F5N10O4. The number of likely N-dealkylation sites (N-methyl/N-ethyl adjacent to an activating group) is 1. The van der Waals surface area contributed by atoms with Crippen LogP contribution in [0.4, 0.5) is 45.1 Å². The van der Waals surface area contributed by atoms with Crippen molar-refractivity contribution in [3.05, 3.63) is 70.2 Å². The Kier molecular flexibility index (Phi) is 10.9. The fraction of sp³-hybridized carbons (Fsp3) is 0.556. The van der Waals surface area contributed by atoms with Crippen LogP contribution in [0.1, 0.15) is 79.2 Å². The first kappa shape index (κ1) is 42.7. The number of carbonyl (C=O) groups is 1. The highest BCUT2D eigenvalue weighted by Crippen LogP contribution is 2.46. The zero-order chi connectivity index (χ0) is 44.8.